The van der Waals surface area contributed by atoms with Gasteiger partial charge in [-0.3, -0.25) is 9.36 Å². The average molecular weight is 255 g/mol. The normalized spacial score (nSPS) is 12.8. The van der Waals surface area contributed by atoms with E-state index in [4.69, 9.17) is 4.74 Å². The van der Waals surface area contributed by atoms with E-state index in [0.717, 1.165) is 0 Å². The summed E-state index contributed by atoms with van der Waals surface area (Å²) >= 11 is 0. The van der Waals surface area contributed by atoms with Gasteiger partial charge in [0.25, 0.3) is 0 Å². The highest BCUT2D eigenvalue weighted by molar-refractivity contribution is 5.86. The molecule has 1 aromatic heterocycles. The van der Waals surface area contributed by atoms with E-state index in [2.05, 4.69) is 5.10 Å². The van der Waals surface area contributed by atoms with Gasteiger partial charge in [-0.25, -0.2) is 9.48 Å². The van der Waals surface area contributed by atoms with Gasteiger partial charge in [0.2, 0.25) is 0 Å². The van der Waals surface area contributed by atoms with Gasteiger partial charge >= 0.3 is 5.69 Å². The first-order chi connectivity index (χ1) is 8.09. The molecule has 0 aromatic carbocycles. The number of hydrogen-bond donors (Lipinski definition) is 0. The molecule has 102 valence electrons. The van der Waals surface area contributed by atoms with E-state index in [1.54, 1.807) is 13.8 Å². The van der Waals surface area contributed by atoms with Gasteiger partial charge in [0, 0.05) is 7.11 Å². The van der Waals surface area contributed by atoms with Crippen molar-refractivity contribution in [2.45, 2.75) is 52.3 Å². The zero-order valence-corrected chi connectivity index (χ0v) is 11.9. The summed E-state index contributed by atoms with van der Waals surface area (Å²) in [5, 5.41) is 4.02. The number of ether oxygens (including phenoxy) is 1. The molecule has 0 fully saturated rings. The Labute approximate surface area is 107 Å². The van der Waals surface area contributed by atoms with Crippen LogP contribution in [0.1, 0.15) is 34.6 Å². The summed E-state index contributed by atoms with van der Waals surface area (Å²) in [6, 6.07) is 0. The van der Waals surface area contributed by atoms with Crippen LogP contribution in [0.25, 0.3) is 0 Å². The van der Waals surface area contributed by atoms with Crippen LogP contribution < -0.4 is 5.69 Å². The maximum atomic E-state index is 12.0. The molecule has 0 N–H and O–H groups in total. The maximum absolute atomic E-state index is 12.0. The smallest absolute Gasteiger partial charge is 0.346 e. The SMILES string of the molecule is COC(C)(C)C(=O)Cn1cnn(C(C)(C)C)c1=O. The van der Waals surface area contributed by atoms with Crippen molar-refractivity contribution in [3.8, 4) is 0 Å². The summed E-state index contributed by atoms with van der Waals surface area (Å²) in [5.41, 5.74) is -1.59. The Bertz CT molecular complexity index is 491. The van der Waals surface area contributed by atoms with E-state index in [9.17, 15) is 9.59 Å². The third-order valence-electron chi connectivity index (χ3n) is 2.86. The number of carbonyl (C=O) groups excluding carboxylic acids is 1. The van der Waals surface area contributed by atoms with Crippen LogP contribution in [0.5, 0.6) is 0 Å². The minimum absolute atomic E-state index is 0.0320. The van der Waals surface area contributed by atoms with Crippen LogP contribution in [0.15, 0.2) is 11.1 Å². The van der Waals surface area contributed by atoms with E-state index in [-0.39, 0.29) is 18.0 Å². The fourth-order valence-corrected chi connectivity index (χ4v) is 1.36. The van der Waals surface area contributed by atoms with E-state index < -0.39 is 11.1 Å². The summed E-state index contributed by atoms with van der Waals surface area (Å²) in [5.74, 6) is -0.166. The fraction of sp³-hybridized carbons (Fsp3) is 0.750. The Morgan fingerprint density at radius 2 is 1.89 bits per heavy atom. The number of carbonyl (C=O) groups is 1. The van der Waals surface area contributed by atoms with Crippen molar-refractivity contribution >= 4 is 5.78 Å². The van der Waals surface area contributed by atoms with Crippen molar-refractivity contribution in [1.82, 2.24) is 14.3 Å². The number of aromatic nitrogens is 3. The van der Waals surface area contributed by atoms with Crippen LogP contribution >= 0.6 is 0 Å². The van der Waals surface area contributed by atoms with Crippen molar-refractivity contribution in [3.05, 3.63) is 16.8 Å². The molecule has 0 unspecified atom stereocenters. The molecule has 18 heavy (non-hydrogen) atoms. The van der Waals surface area contributed by atoms with Gasteiger partial charge in [-0.15, -0.1) is 0 Å². The number of rotatable bonds is 4. The molecular formula is C12H21N3O3. The molecule has 1 rings (SSSR count). The predicted octanol–water partition coefficient (Wildman–Crippen LogP) is 0.794. The molecule has 0 aliphatic heterocycles. The summed E-state index contributed by atoms with van der Waals surface area (Å²) in [7, 11) is 1.47. The summed E-state index contributed by atoms with van der Waals surface area (Å²) in [6.45, 7) is 8.96. The summed E-state index contributed by atoms with van der Waals surface area (Å²) in [6.07, 6.45) is 1.39. The molecule has 0 saturated heterocycles. The quantitative estimate of drug-likeness (QED) is 0.798. The van der Waals surface area contributed by atoms with Gasteiger partial charge < -0.3 is 4.74 Å². The number of Topliss-reactive ketones (excluding diaryl/α,β-unsaturated/α-hetero) is 1. The van der Waals surface area contributed by atoms with Crippen LogP contribution in [0.3, 0.4) is 0 Å². The molecule has 1 heterocycles. The first kappa shape index (κ1) is 14.6. The number of hydrogen-bond acceptors (Lipinski definition) is 4. The third kappa shape index (κ3) is 2.87. The number of methoxy groups -OCH3 is 1. The van der Waals surface area contributed by atoms with E-state index in [1.165, 1.54) is 22.7 Å². The Kier molecular flexibility index (Phi) is 3.81. The second-order valence-corrected chi connectivity index (χ2v) is 5.76. The van der Waals surface area contributed by atoms with Gasteiger partial charge in [0.15, 0.2) is 5.78 Å². The molecule has 0 radical (unpaired) electrons. The molecule has 1 aromatic rings. The lowest BCUT2D eigenvalue weighted by atomic mass is 10.0. The topological polar surface area (TPSA) is 66.1 Å². The van der Waals surface area contributed by atoms with Crippen molar-refractivity contribution in [2.24, 2.45) is 0 Å². The van der Waals surface area contributed by atoms with Crippen molar-refractivity contribution in [3.63, 3.8) is 0 Å². The Balaban J connectivity index is 2.99. The second-order valence-electron chi connectivity index (χ2n) is 5.76. The molecule has 0 aliphatic carbocycles. The lowest BCUT2D eigenvalue weighted by Gasteiger charge is -2.21. The molecule has 0 atom stereocenters. The number of ketones is 1. The summed E-state index contributed by atoms with van der Waals surface area (Å²) < 4.78 is 7.75. The first-order valence-corrected chi connectivity index (χ1v) is 5.83. The largest absolute Gasteiger partial charge is 0.371 e. The summed E-state index contributed by atoms with van der Waals surface area (Å²) in [4.78, 5) is 24.0. The monoisotopic (exact) mass is 255 g/mol. The third-order valence-corrected chi connectivity index (χ3v) is 2.86. The molecule has 0 saturated carbocycles. The van der Waals surface area contributed by atoms with Crippen molar-refractivity contribution in [2.75, 3.05) is 7.11 Å². The standard InChI is InChI=1S/C12H21N3O3/c1-11(2,3)15-10(17)14(8-13-15)7-9(16)12(4,5)18-6/h8H,7H2,1-6H3. The van der Waals surface area contributed by atoms with E-state index in [1.807, 2.05) is 20.8 Å². The predicted molar refractivity (Wildman–Crippen MR) is 67.6 cm³/mol. The van der Waals surface area contributed by atoms with Crippen LogP contribution in [0, 0.1) is 0 Å². The molecule has 6 heteroatoms. The minimum Gasteiger partial charge on any atom is -0.371 e. The molecule has 0 bridgehead atoms. The van der Waals surface area contributed by atoms with Crippen molar-refractivity contribution < 1.29 is 9.53 Å². The second kappa shape index (κ2) is 4.68. The van der Waals surface area contributed by atoms with Crippen LogP contribution in [-0.2, 0) is 21.6 Å². The van der Waals surface area contributed by atoms with Gasteiger partial charge in [0.1, 0.15) is 11.9 Å². The van der Waals surface area contributed by atoms with Crippen LogP contribution in [-0.4, -0.2) is 32.8 Å². The first-order valence-electron chi connectivity index (χ1n) is 5.83. The van der Waals surface area contributed by atoms with Crippen molar-refractivity contribution in [1.29, 1.82) is 0 Å². The molecule has 6 nitrogen and oxygen atoms in total. The van der Waals surface area contributed by atoms with Crippen LogP contribution in [0.4, 0.5) is 0 Å². The number of nitrogens with zero attached hydrogens (tertiary/aromatic N) is 3. The molecule has 0 spiro atoms. The molecular weight excluding hydrogens is 234 g/mol. The lowest BCUT2D eigenvalue weighted by molar-refractivity contribution is -0.137. The van der Waals surface area contributed by atoms with Gasteiger partial charge in [-0.1, -0.05) is 0 Å². The maximum Gasteiger partial charge on any atom is 0.346 e. The lowest BCUT2D eigenvalue weighted by Crippen LogP contribution is -2.40. The highest BCUT2D eigenvalue weighted by atomic mass is 16.5. The van der Waals surface area contributed by atoms with Crippen LogP contribution in [0.2, 0.25) is 0 Å². The zero-order chi connectivity index (χ0) is 14.1. The molecule has 0 amide bonds. The van der Waals surface area contributed by atoms with E-state index >= 15 is 0 Å². The van der Waals surface area contributed by atoms with E-state index in [0.29, 0.717) is 0 Å². The highest BCUT2D eigenvalue weighted by Crippen LogP contribution is 2.11. The Morgan fingerprint density at radius 1 is 1.33 bits per heavy atom. The van der Waals surface area contributed by atoms with Gasteiger partial charge in [0.05, 0.1) is 12.1 Å². The fourth-order valence-electron chi connectivity index (χ4n) is 1.36. The van der Waals surface area contributed by atoms with Gasteiger partial charge in [-0.2, -0.15) is 5.10 Å². The zero-order valence-electron chi connectivity index (χ0n) is 11.9. The average Bonchev–Trinajstić information content (AvgIpc) is 2.60. The highest BCUT2D eigenvalue weighted by Gasteiger charge is 2.28. The molecule has 0 aliphatic rings. The minimum atomic E-state index is -0.900. The van der Waals surface area contributed by atoms with Gasteiger partial charge in [-0.05, 0) is 34.6 Å². The Hall–Kier alpha value is -1.43. The Morgan fingerprint density at radius 3 is 2.28 bits per heavy atom.